The summed E-state index contributed by atoms with van der Waals surface area (Å²) < 4.78 is 1.87. The number of aryl methyl sites for hydroxylation is 1. The highest BCUT2D eigenvalue weighted by Gasteiger charge is 2.28. The lowest BCUT2D eigenvalue weighted by Gasteiger charge is -2.11. The van der Waals surface area contributed by atoms with Crippen molar-refractivity contribution in [2.24, 2.45) is 0 Å². The van der Waals surface area contributed by atoms with Gasteiger partial charge in [-0.15, -0.1) is 0 Å². The zero-order valence-electron chi connectivity index (χ0n) is 16.2. The van der Waals surface area contributed by atoms with E-state index in [4.69, 9.17) is 23.2 Å². The summed E-state index contributed by atoms with van der Waals surface area (Å²) in [5, 5.41) is 4.53. The Labute approximate surface area is 179 Å². The molecule has 1 aliphatic rings. The topological polar surface area (TPSA) is 51.1 Å². The van der Waals surface area contributed by atoms with E-state index in [1.165, 1.54) is 0 Å². The number of nitrogens with one attached hydrogen (secondary N) is 1. The Kier molecular flexibility index (Phi) is 5.66. The van der Waals surface area contributed by atoms with Crippen LogP contribution in [0.3, 0.4) is 0 Å². The lowest BCUT2D eigenvalue weighted by molar-refractivity contribution is -0.117. The molecule has 0 radical (unpaired) electrons. The highest BCUT2D eigenvalue weighted by Crippen LogP contribution is 2.32. The maximum Gasteiger partial charge on any atom is 0.292 e. The predicted molar refractivity (Wildman–Crippen MR) is 117 cm³/mol. The van der Waals surface area contributed by atoms with Crippen LogP contribution in [0, 0.1) is 6.92 Å². The molecule has 6 heteroatoms. The molecule has 1 fully saturated rings. The largest absolute Gasteiger partial charge is 0.346 e. The van der Waals surface area contributed by atoms with E-state index < -0.39 is 11.7 Å². The van der Waals surface area contributed by atoms with E-state index in [1.807, 2.05) is 54.0 Å². The molecule has 4 rings (SSSR count). The van der Waals surface area contributed by atoms with Gasteiger partial charge in [0.1, 0.15) is 5.15 Å². The fourth-order valence-electron chi connectivity index (χ4n) is 4.01. The molecular formula is C23H22Cl2N2O2. The second kappa shape index (κ2) is 8.21. The third-order valence-corrected chi connectivity index (χ3v) is 6.18. The smallest absolute Gasteiger partial charge is 0.292 e. The molecule has 150 valence electrons. The van der Waals surface area contributed by atoms with Crippen molar-refractivity contribution in [3.63, 3.8) is 0 Å². The van der Waals surface area contributed by atoms with E-state index in [2.05, 4.69) is 5.32 Å². The molecule has 0 atom stereocenters. The monoisotopic (exact) mass is 428 g/mol. The molecule has 4 nitrogen and oxygen atoms in total. The molecular weight excluding hydrogens is 407 g/mol. The summed E-state index contributed by atoms with van der Waals surface area (Å²) in [6, 6.07) is 13.4. The van der Waals surface area contributed by atoms with Gasteiger partial charge < -0.3 is 9.88 Å². The number of ketones is 1. The average molecular weight is 429 g/mol. The van der Waals surface area contributed by atoms with Crippen LogP contribution in [0.25, 0.3) is 10.9 Å². The molecule has 1 N–H and O–H groups in total. The molecule has 0 spiro atoms. The molecule has 3 aromatic rings. The van der Waals surface area contributed by atoms with E-state index in [9.17, 15) is 9.59 Å². The Morgan fingerprint density at radius 1 is 1.07 bits per heavy atom. The molecule has 0 bridgehead atoms. The first-order chi connectivity index (χ1) is 13.9. The van der Waals surface area contributed by atoms with Crippen molar-refractivity contribution in [3.05, 3.63) is 69.3 Å². The van der Waals surface area contributed by atoms with Gasteiger partial charge in [-0.25, -0.2) is 0 Å². The zero-order chi connectivity index (χ0) is 20.5. The van der Waals surface area contributed by atoms with Crippen LogP contribution in [0.5, 0.6) is 0 Å². The van der Waals surface area contributed by atoms with Gasteiger partial charge in [-0.1, -0.05) is 59.8 Å². The number of amides is 1. The lowest BCUT2D eigenvalue weighted by atomic mass is 10.1. The number of carbonyl (C=O) groups excluding carboxylic acids is 2. The molecule has 1 aliphatic carbocycles. The van der Waals surface area contributed by atoms with Gasteiger partial charge in [0.15, 0.2) is 0 Å². The van der Waals surface area contributed by atoms with Crippen molar-refractivity contribution < 1.29 is 9.59 Å². The molecule has 0 saturated heterocycles. The molecule has 1 aromatic heterocycles. The predicted octanol–water partition coefficient (Wildman–Crippen LogP) is 5.55. The normalized spacial score (nSPS) is 14.4. The van der Waals surface area contributed by atoms with E-state index in [0.717, 1.165) is 42.3 Å². The van der Waals surface area contributed by atoms with Crippen LogP contribution < -0.4 is 5.32 Å². The van der Waals surface area contributed by atoms with Crippen molar-refractivity contribution in [2.75, 3.05) is 0 Å². The van der Waals surface area contributed by atoms with Crippen LogP contribution in [0.2, 0.25) is 10.2 Å². The molecule has 0 aliphatic heterocycles. The summed E-state index contributed by atoms with van der Waals surface area (Å²) in [6.45, 7) is 2.43. The summed E-state index contributed by atoms with van der Waals surface area (Å²) in [4.78, 5) is 25.7. The molecule has 1 saturated carbocycles. The minimum absolute atomic E-state index is 0.0781. The van der Waals surface area contributed by atoms with Crippen LogP contribution in [-0.2, 0) is 11.3 Å². The zero-order valence-corrected chi connectivity index (χ0v) is 17.7. The highest BCUT2D eigenvalue weighted by molar-refractivity contribution is 6.49. The lowest BCUT2D eigenvalue weighted by Crippen LogP contribution is -2.37. The summed E-state index contributed by atoms with van der Waals surface area (Å²) in [5.41, 5.74) is 3.11. The number of Topliss-reactive ketones (excluding diaryl/α,β-unsaturated/α-hetero) is 1. The standard InChI is InChI=1S/C23H22Cl2N2O2/c1-14-6-11-19-18(12-14)20(21(28)23(29)26-17-4-2-3-5-17)22(25)27(19)13-15-7-9-16(24)10-8-15/h6-12,17H,2-5,13H2,1H3,(H,26,29). The van der Waals surface area contributed by atoms with E-state index >= 15 is 0 Å². The van der Waals surface area contributed by atoms with Crippen LogP contribution in [0.1, 0.15) is 47.2 Å². The quantitative estimate of drug-likeness (QED) is 0.427. The Bertz CT molecular complexity index is 1080. The molecule has 1 heterocycles. The Morgan fingerprint density at radius 2 is 1.76 bits per heavy atom. The van der Waals surface area contributed by atoms with Gasteiger partial charge in [0.25, 0.3) is 11.7 Å². The van der Waals surface area contributed by atoms with Gasteiger partial charge in [0, 0.05) is 23.0 Å². The van der Waals surface area contributed by atoms with E-state index in [0.29, 0.717) is 17.0 Å². The van der Waals surface area contributed by atoms with Gasteiger partial charge in [-0.2, -0.15) is 0 Å². The number of halogens is 2. The van der Waals surface area contributed by atoms with Crippen LogP contribution in [-0.4, -0.2) is 22.3 Å². The van der Waals surface area contributed by atoms with Gasteiger partial charge in [0.05, 0.1) is 11.1 Å². The van der Waals surface area contributed by atoms with Crippen molar-refractivity contribution >= 4 is 45.8 Å². The summed E-state index contributed by atoms with van der Waals surface area (Å²) in [5.74, 6) is -1.15. The summed E-state index contributed by atoms with van der Waals surface area (Å²) in [6.07, 6.45) is 4.01. The number of carbonyl (C=O) groups is 2. The number of hydrogen-bond donors (Lipinski definition) is 1. The van der Waals surface area contributed by atoms with E-state index in [1.54, 1.807) is 0 Å². The fourth-order valence-corrected chi connectivity index (χ4v) is 4.48. The first-order valence-corrected chi connectivity index (χ1v) is 10.6. The average Bonchev–Trinajstić information content (AvgIpc) is 3.29. The van der Waals surface area contributed by atoms with Gasteiger partial charge in [-0.3, -0.25) is 9.59 Å². The fraction of sp³-hybridized carbons (Fsp3) is 0.304. The molecule has 29 heavy (non-hydrogen) atoms. The third kappa shape index (κ3) is 4.05. The minimum Gasteiger partial charge on any atom is -0.346 e. The Hall–Kier alpha value is -2.30. The first-order valence-electron chi connectivity index (χ1n) is 9.82. The minimum atomic E-state index is -0.578. The Balaban J connectivity index is 1.73. The summed E-state index contributed by atoms with van der Waals surface area (Å²) in [7, 11) is 0. The van der Waals surface area contributed by atoms with Crippen LogP contribution >= 0.6 is 23.2 Å². The van der Waals surface area contributed by atoms with Gasteiger partial charge >= 0.3 is 0 Å². The second-order valence-electron chi connectivity index (χ2n) is 7.68. The number of fused-ring (bicyclic) bond motifs is 1. The van der Waals surface area contributed by atoms with Crippen molar-refractivity contribution in [1.82, 2.24) is 9.88 Å². The van der Waals surface area contributed by atoms with Gasteiger partial charge in [-0.05, 0) is 49.6 Å². The highest BCUT2D eigenvalue weighted by atomic mass is 35.5. The number of nitrogens with zero attached hydrogens (tertiary/aromatic N) is 1. The van der Waals surface area contributed by atoms with Crippen molar-refractivity contribution in [2.45, 2.75) is 45.2 Å². The van der Waals surface area contributed by atoms with Crippen molar-refractivity contribution in [3.8, 4) is 0 Å². The van der Waals surface area contributed by atoms with Crippen LogP contribution in [0.4, 0.5) is 0 Å². The SMILES string of the molecule is Cc1ccc2c(c1)c(C(=O)C(=O)NC1CCCC1)c(Cl)n2Cc1ccc(Cl)cc1. The maximum absolute atomic E-state index is 13.1. The molecule has 0 unspecified atom stereocenters. The number of hydrogen-bond acceptors (Lipinski definition) is 2. The van der Waals surface area contributed by atoms with Gasteiger partial charge in [0.2, 0.25) is 0 Å². The first kappa shape index (κ1) is 20.0. The molecule has 1 amide bonds. The van der Waals surface area contributed by atoms with E-state index in [-0.39, 0.29) is 16.8 Å². The number of benzene rings is 2. The number of aromatic nitrogens is 1. The maximum atomic E-state index is 13.1. The summed E-state index contributed by atoms with van der Waals surface area (Å²) >= 11 is 12.7. The Morgan fingerprint density at radius 3 is 2.45 bits per heavy atom. The third-order valence-electron chi connectivity index (χ3n) is 5.53. The van der Waals surface area contributed by atoms with Crippen LogP contribution in [0.15, 0.2) is 42.5 Å². The van der Waals surface area contributed by atoms with Crippen molar-refractivity contribution in [1.29, 1.82) is 0 Å². The molecule has 2 aromatic carbocycles. The number of rotatable bonds is 5. The second-order valence-corrected chi connectivity index (χ2v) is 8.48.